The number of hydrogen-bond acceptors (Lipinski definition) is 4. The highest BCUT2D eigenvalue weighted by molar-refractivity contribution is 5.34. The van der Waals surface area contributed by atoms with E-state index in [9.17, 15) is 14.5 Å². The third kappa shape index (κ3) is 3.25. The Morgan fingerprint density at radius 1 is 1.56 bits per heavy atom. The summed E-state index contributed by atoms with van der Waals surface area (Å²) in [6, 6.07) is 3.92. The summed E-state index contributed by atoms with van der Waals surface area (Å²) < 4.78 is 13.3. The molecule has 0 fully saturated rings. The Labute approximate surface area is 92.8 Å². The monoisotopic (exact) mass is 227 g/mol. The number of nitro benzene ring substituents is 1. The van der Waals surface area contributed by atoms with Crippen molar-refractivity contribution in [1.82, 2.24) is 4.90 Å². The molecule has 0 spiro atoms. The SMILES string of the molecule is CN(CCN)Cc1ccc([N+](=O)[O-])c(F)c1. The van der Waals surface area contributed by atoms with Gasteiger partial charge in [0.1, 0.15) is 0 Å². The zero-order valence-corrected chi connectivity index (χ0v) is 9.02. The zero-order valence-electron chi connectivity index (χ0n) is 9.02. The fourth-order valence-electron chi connectivity index (χ4n) is 1.41. The molecule has 1 aromatic carbocycles. The first-order valence-corrected chi connectivity index (χ1v) is 4.86. The van der Waals surface area contributed by atoms with Crippen LogP contribution in [0.15, 0.2) is 18.2 Å². The van der Waals surface area contributed by atoms with E-state index in [1.807, 2.05) is 11.9 Å². The highest BCUT2D eigenvalue weighted by Gasteiger charge is 2.13. The van der Waals surface area contributed by atoms with E-state index in [1.54, 1.807) is 6.07 Å². The summed E-state index contributed by atoms with van der Waals surface area (Å²) in [5.74, 6) is -0.802. The van der Waals surface area contributed by atoms with E-state index in [0.29, 0.717) is 25.2 Å². The molecular weight excluding hydrogens is 213 g/mol. The molecule has 0 heterocycles. The van der Waals surface area contributed by atoms with E-state index in [-0.39, 0.29) is 0 Å². The van der Waals surface area contributed by atoms with Gasteiger partial charge in [0.2, 0.25) is 5.82 Å². The maximum Gasteiger partial charge on any atom is 0.304 e. The van der Waals surface area contributed by atoms with Crippen LogP contribution in [0.4, 0.5) is 10.1 Å². The van der Waals surface area contributed by atoms with Crippen LogP contribution in [0.1, 0.15) is 5.56 Å². The van der Waals surface area contributed by atoms with Crippen molar-refractivity contribution in [3.8, 4) is 0 Å². The fourth-order valence-corrected chi connectivity index (χ4v) is 1.41. The Bertz CT molecular complexity index is 384. The van der Waals surface area contributed by atoms with Crippen LogP contribution in [0.2, 0.25) is 0 Å². The fraction of sp³-hybridized carbons (Fsp3) is 0.400. The van der Waals surface area contributed by atoms with Crippen molar-refractivity contribution in [2.75, 3.05) is 20.1 Å². The molecule has 0 unspecified atom stereocenters. The minimum absolute atomic E-state index is 0.495. The van der Waals surface area contributed by atoms with Crippen LogP contribution < -0.4 is 5.73 Å². The molecule has 6 heteroatoms. The molecule has 0 radical (unpaired) electrons. The van der Waals surface area contributed by atoms with Crippen molar-refractivity contribution in [1.29, 1.82) is 0 Å². The number of nitrogens with two attached hydrogens (primary N) is 1. The van der Waals surface area contributed by atoms with Gasteiger partial charge in [-0.1, -0.05) is 6.07 Å². The quantitative estimate of drug-likeness (QED) is 0.604. The third-order valence-corrected chi connectivity index (χ3v) is 2.17. The maximum absolute atomic E-state index is 13.3. The minimum atomic E-state index is -0.802. The summed E-state index contributed by atoms with van der Waals surface area (Å²) in [5, 5.41) is 10.4. The number of rotatable bonds is 5. The average molecular weight is 227 g/mol. The van der Waals surface area contributed by atoms with Crippen LogP contribution in [0.5, 0.6) is 0 Å². The van der Waals surface area contributed by atoms with Crippen LogP contribution >= 0.6 is 0 Å². The second kappa shape index (κ2) is 5.53. The van der Waals surface area contributed by atoms with Gasteiger partial charge in [0.15, 0.2) is 0 Å². The molecule has 2 N–H and O–H groups in total. The van der Waals surface area contributed by atoms with Gasteiger partial charge >= 0.3 is 5.69 Å². The molecule has 0 bridgehead atoms. The lowest BCUT2D eigenvalue weighted by Crippen LogP contribution is -2.25. The van der Waals surface area contributed by atoms with Crippen molar-refractivity contribution in [3.05, 3.63) is 39.7 Å². The summed E-state index contributed by atoms with van der Waals surface area (Å²) in [6.07, 6.45) is 0. The second-order valence-corrected chi connectivity index (χ2v) is 3.57. The van der Waals surface area contributed by atoms with E-state index in [1.165, 1.54) is 12.1 Å². The summed E-state index contributed by atoms with van der Waals surface area (Å²) >= 11 is 0. The molecule has 0 saturated heterocycles. The third-order valence-electron chi connectivity index (χ3n) is 2.17. The largest absolute Gasteiger partial charge is 0.329 e. The van der Waals surface area contributed by atoms with Gasteiger partial charge in [-0.2, -0.15) is 4.39 Å². The van der Waals surface area contributed by atoms with Gasteiger partial charge in [0, 0.05) is 25.7 Å². The van der Waals surface area contributed by atoms with Gasteiger partial charge in [0.25, 0.3) is 0 Å². The lowest BCUT2D eigenvalue weighted by atomic mass is 10.2. The van der Waals surface area contributed by atoms with Crippen molar-refractivity contribution in [3.63, 3.8) is 0 Å². The van der Waals surface area contributed by atoms with Crippen molar-refractivity contribution in [2.45, 2.75) is 6.54 Å². The van der Waals surface area contributed by atoms with Gasteiger partial charge < -0.3 is 10.6 Å². The summed E-state index contributed by atoms with van der Waals surface area (Å²) in [4.78, 5) is 11.6. The Balaban J connectivity index is 2.77. The Morgan fingerprint density at radius 3 is 2.75 bits per heavy atom. The Morgan fingerprint density at radius 2 is 2.25 bits per heavy atom. The highest BCUT2D eigenvalue weighted by Crippen LogP contribution is 2.18. The zero-order chi connectivity index (χ0) is 12.1. The molecule has 88 valence electrons. The van der Waals surface area contributed by atoms with Crippen LogP contribution in [-0.4, -0.2) is 30.0 Å². The molecular formula is C10H14FN3O2. The van der Waals surface area contributed by atoms with E-state index < -0.39 is 16.4 Å². The number of nitrogens with zero attached hydrogens (tertiary/aromatic N) is 2. The number of benzene rings is 1. The molecule has 0 aliphatic heterocycles. The van der Waals surface area contributed by atoms with E-state index in [4.69, 9.17) is 5.73 Å². The molecule has 0 aromatic heterocycles. The minimum Gasteiger partial charge on any atom is -0.329 e. The first kappa shape index (κ1) is 12.5. The van der Waals surface area contributed by atoms with Gasteiger partial charge in [-0.3, -0.25) is 10.1 Å². The van der Waals surface area contributed by atoms with Crippen LogP contribution in [0.25, 0.3) is 0 Å². The van der Waals surface area contributed by atoms with E-state index in [2.05, 4.69) is 0 Å². The van der Waals surface area contributed by atoms with E-state index in [0.717, 1.165) is 0 Å². The molecule has 0 saturated carbocycles. The maximum atomic E-state index is 13.3. The first-order valence-electron chi connectivity index (χ1n) is 4.86. The van der Waals surface area contributed by atoms with Crippen molar-refractivity contribution in [2.24, 2.45) is 5.73 Å². The van der Waals surface area contributed by atoms with Gasteiger partial charge in [0.05, 0.1) is 4.92 Å². The van der Waals surface area contributed by atoms with Crippen LogP contribution in [-0.2, 0) is 6.54 Å². The Kier molecular flexibility index (Phi) is 4.33. The van der Waals surface area contributed by atoms with Crippen LogP contribution in [0, 0.1) is 15.9 Å². The number of hydrogen-bond donors (Lipinski definition) is 1. The first-order chi connectivity index (χ1) is 7.54. The second-order valence-electron chi connectivity index (χ2n) is 3.57. The lowest BCUT2D eigenvalue weighted by Gasteiger charge is -2.15. The summed E-state index contributed by atoms with van der Waals surface area (Å²) in [5.41, 5.74) is 5.57. The molecule has 0 amide bonds. The summed E-state index contributed by atoms with van der Waals surface area (Å²) in [6.45, 7) is 1.73. The van der Waals surface area contributed by atoms with Gasteiger partial charge in [-0.05, 0) is 18.7 Å². The predicted molar refractivity (Wildman–Crippen MR) is 58.4 cm³/mol. The average Bonchev–Trinajstić information content (AvgIpc) is 2.17. The summed E-state index contributed by atoms with van der Waals surface area (Å²) in [7, 11) is 1.85. The predicted octanol–water partition coefficient (Wildman–Crippen LogP) is 1.12. The molecule has 0 aliphatic rings. The van der Waals surface area contributed by atoms with Crippen molar-refractivity contribution < 1.29 is 9.31 Å². The smallest absolute Gasteiger partial charge is 0.304 e. The topological polar surface area (TPSA) is 72.4 Å². The standard InChI is InChI=1S/C10H14FN3O2/c1-13(5-4-12)7-8-2-3-10(14(15)16)9(11)6-8/h2-3,6H,4-5,7,12H2,1H3. The molecule has 16 heavy (non-hydrogen) atoms. The number of likely N-dealkylation sites (N-methyl/N-ethyl adjacent to an activating group) is 1. The highest BCUT2D eigenvalue weighted by atomic mass is 19.1. The number of halogens is 1. The van der Waals surface area contributed by atoms with Gasteiger partial charge in [-0.25, -0.2) is 0 Å². The normalized spacial score (nSPS) is 10.8. The van der Waals surface area contributed by atoms with Crippen molar-refractivity contribution >= 4 is 5.69 Å². The molecule has 5 nitrogen and oxygen atoms in total. The van der Waals surface area contributed by atoms with Crippen LogP contribution in [0.3, 0.4) is 0 Å². The van der Waals surface area contributed by atoms with E-state index >= 15 is 0 Å². The van der Waals surface area contributed by atoms with Gasteiger partial charge in [-0.15, -0.1) is 0 Å². The Hall–Kier alpha value is -1.53. The molecule has 0 atom stereocenters. The molecule has 1 aromatic rings. The molecule has 0 aliphatic carbocycles. The lowest BCUT2D eigenvalue weighted by molar-refractivity contribution is -0.387. The molecule has 1 rings (SSSR count). The number of nitro groups is 1.